The van der Waals surface area contributed by atoms with Crippen LogP contribution in [-0.2, 0) is 9.53 Å². The first-order valence-corrected chi connectivity index (χ1v) is 10.00. The Morgan fingerprint density at radius 3 is 2.75 bits per heavy atom. The number of benzene rings is 1. The molecule has 2 saturated heterocycles. The van der Waals surface area contributed by atoms with E-state index in [9.17, 15) is 9.59 Å². The third kappa shape index (κ3) is 4.42. The van der Waals surface area contributed by atoms with Gasteiger partial charge in [0.2, 0.25) is 0 Å². The van der Waals surface area contributed by atoms with Gasteiger partial charge in [0.25, 0.3) is 5.91 Å². The van der Waals surface area contributed by atoms with Gasteiger partial charge in [-0.25, -0.2) is 0 Å². The van der Waals surface area contributed by atoms with Crippen molar-refractivity contribution in [1.29, 1.82) is 0 Å². The smallest absolute Gasteiger partial charge is 0.312 e. The second-order valence-corrected chi connectivity index (χ2v) is 8.28. The summed E-state index contributed by atoms with van der Waals surface area (Å²) in [5.74, 6) is 0.216. The Kier molecular flexibility index (Phi) is 6.47. The van der Waals surface area contributed by atoms with Crippen LogP contribution in [0.2, 0.25) is 5.02 Å². The number of carbonyl (C=O) groups is 2. The molecule has 0 aromatic heterocycles. The minimum atomic E-state index is -0.468. The van der Waals surface area contributed by atoms with E-state index in [1.807, 2.05) is 19.0 Å². The standard InChI is InChI=1S/C20H28ClN3O4/c1-23(2)13-15-12-20(19(26)28-15)5-8-24(9-6-20)18(25)16-11-14(21)3-4-17(16)27-10-7-22/h3-4,11,15H,5-10,12-13,22H2,1-2H3. The van der Waals surface area contributed by atoms with Gasteiger partial charge in [-0.2, -0.15) is 0 Å². The number of likely N-dealkylation sites (tertiary alicyclic amines) is 1. The number of amides is 1. The maximum atomic E-state index is 13.1. The first kappa shape index (κ1) is 20.9. The number of halogens is 1. The van der Waals surface area contributed by atoms with E-state index >= 15 is 0 Å². The normalized spacial score (nSPS) is 21.2. The maximum Gasteiger partial charge on any atom is 0.312 e. The summed E-state index contributed by atoms with van der Waals surface area (Å²) in [6.45, 7) is 2.42. The van der Waals surface area contributed by atoms with Crippen molar-refractivity contribution in [2.45, 2.75) is 25.4 Å². The van der Waals surface area contributed by atoms with Crippen molar-refractivity contribution in [2.75, 3.05) is 46.9 Å². The Morgan fingerprint density at radius 2 is 2.11 bits per heavy atom. The number of carbonyl (C=O) groups excluding carboxylic acids is 2. The summed E-state index contributed by atoms with van der Waals surface area (Å²) in [5, 5.41) is 0.475. The molecule has 8 heteroatoms. The quantitative estimate of drug-likeness (QED) is 0.721. The third-order valence-electron chi connectivity index (χ3n) is 5.45. The predicted molar refractivity (Wildman–Crippen MR) is 107 cm³/mol. The number of hydrogen-bond donors (Lipinski definition) is 1. The van der Waals surface area contributed by atoms with E-state index < -0.39 is 5.41 Å². The highest BCUT2D eigenvalue weighted by molar-refractivity contribution is 6.31. The molecule has 1 spiro atoms. The Morgan fingerprint density at radius 1 is 1.39 bits per heavy atom. The van der Waals surface area contributed by atoms with Gasteiger partial charge in [0.15, 0.2) is 0 Å². The average Bonchev–Trinajstić information content (AvgIpc) is 2.94. The van der Waals surface area contributed by atoms with E-state index in [0.29, 0.717) is 61.8 Å². The van der Waals surface area contributed by atoms with Gasteiger partial charge in [0.05, 0.1) is 11.0 Å². The summed E-state index contributed by atoms with van der Waals surface area (Å²) < 4.78 is 11.2. The molecule has 0 bridgehead atoms. The number of esters is 1. The molecule has 2 aliphatic heterocycles. The third-order valence-corrected chi connectivity index (χ3v) is 5.68. The molecular weight excluding hydrogens is 382 g/mol. The number of ether oxygens (including phenoxy) is 2. The Balaban J connectivity index is 1.68. The number of rotatable bonds is 6. The number of hydrogen-bond acceptors (Lipinski definition) is 6. The van der Waals surface area contributed by atoms with Crippen molar-refractivity contribution in [3.8, 4) is 5.75 Å². The number of cyclic esters (lactones) is 1. The maximum absolute atomic E-state index is 13.1. The average molecular weight is 410 g/mol. The molecule has 2 N–H and O–H groups in total. The summed E-state index contributed by atoms with van der Waals surface area (Å²) in [5.41, 5.74) is 5.46. The Labute approximate surface area is 170 Å². The highest BCUT2D eigenvalue weighted by Crippen LogP contribution is 2.43. The molecule has 1 unspecified atom stereocenters. The van der Waals surface area contributed by atoms with Gasteiger partial charge in [-0.05, 0) is 45.1 Å². The fourth-order valence-electron chi connectivity index (χ4n) is 4.03. The Bertz CT molecular complexity index is 732. The van der Waals surface area contributed by atoms with Gasteiger partial charge >= 0.3 is 5.97 Å². The van der Waals surface area contributed by atoms with E-state index in [-0.39, 0.29) is 18.0 Å². The van der Waals surface area contributed by atoms with Gasteiger partial charge in [-0.1, -0.05) is 11.6 Å². The van der Waals surface area contributed by atoms with Crippen molar-refractivity contribution in [2.24, 2.45) is 11.1 Å². The van der Waals surface area contributed by atoms with E-state index in [0.717, 1.165) is 6.54 Å². The van der Waals surface area contributed by atoms with Gasteiger partial charge < -0.3 is 25.0 Å². The van der Waals surface area contributed by atoms with E-state index in [1.54, 1.807) is 23.1 Å². The van der Waals surface area contributed by atoms with Crippen molar-refractivity contribution >= 4 is 23.5 Å². The molecule has 0 aliphatic carbocycles. The summed E-state index contributed by atoms with van der Waals surface area (Å²) in [6, 6.07) is 5.00. The summed E-state index contributed by atoms with van der Waals surface area (Å²) in [6.07, 6.45) is 1.87. The molecule has 1 amide bonds. The van der Waals surface area contributed by atoms with E-state index in [2.05, 4.69) is 0 Å². The lowest BCUT2D eigenvalue weighted by Crippen LogP contribution is -2.45. The molecule has 28 heavy (non-hydrogen) atoms. The van der Waals surface area contributed by atoms with Crippen molar-refractivity contribution in [1.82, 2.24) is 9.80 Å². The number of nitrogens with two attached hydrogens (primary N) is 1. The van der Waals surface area contributed by atoms with Crippen LogP contribution in [0.15, 0.2) is 18.2 Å². The minimum Gasteiger partial charge on any atom is -0.491 e. The SMILES string of the molecule is CN(C)CC1CC2(CCN(C(=O)c3cc(Cl)ccc3OCCN)CC2)C(=O)O1. The van der Waals surface area contributed by atoms with Gasteiger partial charge in [0, 0.05) is 37.6 Å². The molecule has 2 aliphatic rings. The van der Waals surface area contributed by atoms with Crippen LogP contribution < -0.4 is 10.5 Å². The fraction of sp³-hybridized carbons (Fsp3) is 0.600. The molecule has 1 atom stereocenters. The molecule has 154 valence electrons. The monoisotopic (exact) mass is 409 g/mol. The zero-order chi connectivity index (χ0) is 20.3. The van der Waals surface area contributed by atoms with E-state index in [1.165, 1.54) is 0 Å². The van der Waals surface area contributed by atoms with Crippen LogP contribution >= 0.6 is 11.6 Å². The minimum absolute atomic E-state index is 0.0750. The lowest BCUT2D eigenvalue weighted by Gasteiger charge is -2.36. The molecule has 0 radical (unpaired) electrons. The van der Waals surface area contributed by atoms with Crippen LogP contribution in [0.3, 0.4) is 0 Å². The lowest BCUT2D eigenvalue weighted by atomic mass is 9.76. The molecule has 1 aromatic rings. The topological polar surface area (TPSA) is 85.1 Å². The predicted octanol–water partition coefficient (Wildman–Crippen LogP) is 1.78. The second kappa shape index (κ2) is 8.68. The van der Waals surface area contributed by atoms with Gasteiger partial charge in [0.1, 0.15) is 18.5 Å². The van der Waals surface area contributed by atoms with Crippen LogP contribution in [0.25, 0.3) is 0 Å². The summed E-state index contributed by atoms with van der Waals surface area (Å²) in [4.78, 5) is 29.4. The highest BCUT2D eigenvalue weighted by atomic mass is 35.5. The van der Waals surface area contributed by atoms with Crippen LogP contribution in [0.5, 0.6) is 5.75 Å². The van der Waals surface area contributed by atoms with Crippen molar-refractivity contribution in [3.05, 3.63) is 28.8 Å². The number of nitrogens with zero attached hydrogens (tertiary/aromatic N) is 2. The molecule has 2 fully saturated rings. The fourth-order valence-corrected chi connectivity index (χ4v) is 4.20. The van der Waals surface area contributed by atoms with Crippen LogP contribution in [0, 0.1) is 5.41 Å². The first-order valence-electron chi connectivity index (χ1n) is 9.62. The molecule has 7 nitrogen and oxygen atoms in total. The molecule has 0 saturated carbocycles. The molecular formula is C20H28ClN3O4. The van der Waals surface area contributed by atoms with Crippen molar-refractivity contribution in [3.63, 3.8) is 0 Å². The number of piperidine rings is 1. The highest BCUT2D eigenvalue weighted by Gasteiger charge is 2.50. The zero-order valence-corrected chi connectivity index (χ0v) is 17.2. The summed E-state index contributed by atoms with van der Waals surface area (Å²) >= 11 is 6.09. The lowest BCUT2D eigenvalue weighted by molar-refractivity contribution is -0.150. The second-order valence-electron chi connectivity index (χ2n) is 7.84. The molecule has 3 rings (SSSR count). The zero-order valence-electron chi connectivity index (χ0n) is 16.4. The van der Waals surface area contributed by atoms with Crippen LogP contribution in [-0.4, -0.2) is 74.7 Å². The largest absolute Gasteiger partial charge is 0.491 e. The molecule has 2 heterocycles. The summed E-state index contributed by atoms with van der Waals surface area (Å²) in [7, 11) is 3.94. The van der Waals surface area contributed by atoms with Crippen LogP contribution in [0.1, 0.15) is 29.6 Å². The van der Waals surface area contributed by atoms with Crippen LogP contribution in [0.4, 0.5) is 0 Å². The van der Waals surface area contributed by atoms with Gasteiger partial charge in [-0.3, -0.25) is 9.59 Å². The first-order chi connectivity index (χ1) is 13.3. The number of likely N-dealkylation sites (N-methyl/N-ethyl adjacent to an activating group) is 1. The Hall–Kier alpha value is -1.83. The molecule has 1 aromatic carbocycles. The van der Waals surface area contributed by atoms with Crippen molar-refractivity contribution < 1.29 is 19.1 Å². The van der Waals surface area contributed by atoms with E-state index in [4.69, 9.17) is 26.8 Å². The van der Waals surface area contributed by atoms with Gasteiger partial charge in [-0.15, -0.1) is 0 Å².